The second-order valence-corrected chi connectivity index (χ2v) is 5.84. The minimum Gasteiger partial charge on any atom is -0.241 e. The van der Waals surface area contributed by atoms with Crippen LogP contribution < -0.4 is 0 Å². The second-order valence-electron chi connectivity index (χ2n) is 5.84. The Kier molecular flexibility index (Phi) is 4.14. The first-order valence-corrected chi connectivity index (χ1v) is 6.80. The van der Waals surface area contributed by atoms with Crippen LogP contribution in [0.4, 0.5) is 0 Å². The van der Waals surface area contributed by atoms with Gasteiger partial charge in [0.05, 0.1) is 11.8 Å². The first-order valence-electron chi connectivity index (χ1n) is 6.80. The van der Waals surface area contributed by atoms with Crippen molar-refractivity contribution in [3.05, 3.63) is 47.9 Å². The summed E-state index contributed by atoms with van der Waals surface area (Å²) in [4.78, 5) is 8.71. The van der Waals surface area contributed by atoms with Crippen LogP contribution in [0.5, 0.6) is 0 Å². The van der Waals surface area contributed by atoms with Crippen molar-refractivity contribution in [1.82, 2.24) is 9.97 Å². The van der Waals surface area contributed by atoms with Gasteiger partial charge in [-0.1, -0.05) is 45.0 Å². The van der Waals surface area contributed by atoms with Crippen LogP contribution in [-0.4, -0.2) is 9.97 Å². The molecule has 0 spiro atoms. The fraction of sp³-hybridized carbons (Fsp3) is 0.353. The highest BCUT2D eigenvalue weighted by Crippen LogP contribution is 2.25. The molecular formula is C17H19N3. The lowest BCUT2D eigenvalue weighted by Gasteiger charge is -2.19. The number of benzene rings is 1. The molecule has 1 heterocycles. The van der Waals surface area contributed by atoms with Gasteiger partial charge in [0.25, 0.3) is 0 Å². The topological polar surface area (TPSA) is 49.6 Å². The van der Waals surface area contributed by atoms with Gasteiger partial charge in [0.15, 0.2) is 0 Å². The van der Waals surface area contributed by atoms with Crippen LogP contribution >= 0.6 is 0 Å². The third-order valence-corrected chi connectivity index (χ3v) is 3.21. The summed E-state index contributed by atoms with van der Waals surface area (Å²) in [6.07, 6.45) is 2.81. The van der Waals surface area contributed by atoms with E-state index in [1.165, 1.54) is 5.56 Å². The van der Waals surface area contributed by atoms with Gasteiger partial charge >= 0.3 is 0 Å². The molecule has 20 heavy (non-hydrogen) atoms. The first-order chi connectivity index (χ1) is 9.50. The molecule has 0 unspecified atom stereocenters. The highest BCUT2D eigenvalue weighted by molar-refractivity contribution is 5.59. The lowest BCUT2D eigenvalue weighted by molar-refractivity contribution is 0.590. The van der Waals surface area contributed by atoms with Gasteiger partial charge in [-0.3, -0.25) is 0 Å². The molecule has 0 aliphatic carbocycles. The summed E-state index contributed by atoms with van der Waals surface area (Å²) in [5.41, 5.74) is 3.45. The molecule has 2 rings (SSSR count). The number of hydrogen-bond donors (Lipinski definition) is 0. The zero-order valence-corrected chi connectivity index (χ0v) is 12.2. The molecule has 3 nitrogen and oxygen atoms in total. The van der Waals surface area contributed by atoms with E-state index in [0.29, 0.717) is 12.8 Å². The molecule has 3 heteroatoms. The third-order valence-electron chi connectivity index (χ3n) is 3.21. The van der Waals surface area contributed by atoms with E-state index in [0.717, 1.165) is 17.1 Å². The maximum Gasteiger partial charge on any atom is 0.129 e. The summed E-state index contributed by atoms with van der Waals surface area (Å²) in [5, 5.41) is 8.62. The van der Waals surface area contributed by atoms with E-state index in [2.05, 4.69) is 61.1 Å². The van der Waals surface area contributed by atoms with Gasteiger partial charge in [0.2, 0.25) is 0 Å². The van der Waals surface area contributed by atoms with Crippen molar-refractivity contribution in [3.63, 3.8) is 0 Å². The van der Waals surface area contributed by atoms with Gasteiger partial charge in [-0.25, -0.2) is 9.97 Å². The minimum atomic E-state index is 0.155. The summed E-state index contributed by atoms with van der Waals surface area (Å²) in [6.45, 7) is 6.60. The molecule has 2 aromatic rings. The molecule has 0 N–H and O–H groups in total. The molecule has 0 aliphatic heterocycles. The van der Waals surface area contributed by atoms with Gasteiger partial charge in [-0.2, -0.15) is 5.26 Å². The summed E-state index contributed by atoms with van der Waals surface area (Å²) >= 11 is 0. The summed E-state index contributed by atoms with van der Waals surface area (Å²) in [5.74, 6) is 0.726. The molecule has 0 aliphatic rings. The standard InChI is InChI=1S/C17H19N3/c1-17(2,3)14-8-6-13(7-9-14)15-10-12-19-16(20-15)5-4-11-18/h6-10,12H,4-5H2,1-3H3. The van der Waals surface area contributed by atoms with E-state index in [4.69, 9.17) is 5.26 Å². The Bertz CT molecular complexity index is 616. The largest absolute Gasteiger partial charge is 0.241 e. The number of nitriles is 1. The van der Waals surface area contributed by atoms with E-state index >= 15 is 0 Å². The first kappa shape index (κ1) is 14.2. The molecule has 0 saturated heterocycles. The zero-order valence-electron chi connectivity index (χ0n) is 12.2. The van der Waals surface area contributed by atoms with Gasteiger partial charge < -0.3 is 0 Å². The Labute approximate surface area is 120 Å². The number of aromatic nitrogens is 2. The van der Waals surface area contributed by atoms with Crippen molar-refractivity contribution in [2.45, 2.75) is 39.0 Å². The number of aryl methyl sites for hydroxylation is 1. The summed E-state index contributed by atoms with van der Waals surface area (Å²) < 4.78 is 0. The monoisotopic (exact) mass is 265 g/mol. The van der Waals surface area contributed by atoms with Crippen LogP contribution in [0.3, 0.4) is 0 Å². The Morgan fingerprint density at radius 1 is 1.10 bits per heavy atom. The summed E-state index contributed by atoms with van der Waals surface area (Å²) in [6, 6.07) is 12.5. The highest BCUT2D eigenvalue weighted by atomic mass is 14.9. The average molecular weight is 265 g/mol. The molecule has 0 amide bonds. The maximum atomic E-state index is 8.62. The minimum absolute atomic E-state index is 0.155. The van der Waals surface area contributed by atoms with Crippen LogP contribution in [0.1, 0.15) is 38.6 Å². The van der Waals surface area contributed by atoms with E-state index < -0.39 is 0 Å². The smallest absolute Gasteiger partial charge is 0.129 e. The molecule has 1 aromatic carbocycles. The molecule has 102 valence electrons. The van der Waals surface area contributed by atoms with Crippen molar-refractivity contribution in [3.8, 4) is 17.3 Å². The van der Waals surface area contributed by atoms with Crippen molar-refractivity contribution < 1.29 is 0 Å². The summed E-state index contributed by atoms with van der Waals surface area (Å²) in [7, 11) is 0. The lowest BCUT2D eigenvalue weighted by Crippen LogP contribution is -2.10. The predicted octanol–water partition coefficient (Wildman–Crippen LogP) is 3.90. The van der Waals surface area contributed by atoms with E-state index in [-0.39, 0.29) is 5.41 Å². The fourth-order valence-electron chi connectivity index (χ4n) is 1.99. The van der Waals surface area contributed by atoms with Gasteiger partial charge in [-0.15, -0.1) is 0 Å². The predicted molar refractivity (Wildman–Crippen MR) is 80.1 cm³/mol. The van der Waals surface area contributed by atoms with Crippen LogP contribution in [0.25, 0.3) is 11.3 Å². The Morgan fingerprint density at radius 2 is 1.80 bits per heavy atom. The van der Waals surface area contributed by atoms with Crippen molar-refractivity contribution in [2.75, 3.05) is 0 Å². The Morgan fingerprint density at radius 3 is 2.40 bits per heavy atom. The fourth-order valence-corrected chi connectivity index (χ4v) is 1.99. The quantitative estimate of drug-likeness (QED) is 0.845. The SMILES string of the molecule is CC(C)(C)c1ccc(-c2ccnc(CCC#N)n2)cc1. The number of rotatable bonds is 3. The Hall–Kier alpha value is -2.21. The second kappa shape index (κ2) is 5.83. The van der Waals surface area contributed by atoms with Crippen molar-refractivity contribution in [1.29, 1.82) is 5.26 Å². The molecule has 0 bridgehead atoms. The third kappa shape index (κ3) is 3.42. The number of nitrogens with zero attached hydrogens (tertiary/aromatic N) is 3. The molecule has 1 aromatic heterocycles. The van der Waals surface area contributed by atoms with Crippen molar-refractivity contribution >= 4 is 0 Å². The van der Waals surface area contributed by atoms with Crippen LogP contribution in [0, 0.1) is 11.3 Å². The van der Waals surface area contributed by atoms with E-state index in [1.807, 2.05) is 6.07 Å². The molecule has 0 fully saturated rings. The molecular weight excluding hydrogens is 246 g/mol. The Balaban J connectivity index is 2.26. The molecule has 0 saturated carbocycles. The van der Waals surface area contributed by atoms with E-state index in [9.17, 15) is 0 Å². The molecule has 0 atom stereocenters. The van der Waals surface area contributed by atoms with Gasteiger partial charge in [-0.05, 0) is 17.0 Å². The zero-order chi connectivity index (χ0) is 14.6. The van der Waals surface area contributed by atoms with Crippen LogP contribution in [0.15, 0.2) is 36.5 Å². The van der Waals surface area contributed by atoms with Crippen LogP contribution in [0.2, 0.25) is 0 Å². The number of hydrogen-bond acceptors (Lipinski definition) is 3. The average Bonchev–Trinajstić information content (AvgIpc) is 2.45. The van der Waals surface area contributed by atoms with Crippen molar-refractivity contribution in [2.24, 2.45) is 0 Å². The molecule has 0 radical (unpaired) electrons. The van der Waals surface area contributed by atoms with Crippen LogP contribution in [-0.2, 0) is 11.8 Å². The van der Waals surface area contributed by atoms with E-state index in [1.54, 1.807) is 6.20 Å². The highest BCUT2D eigenvalue weighted by Gasteiger charge is 2.13. The lowest BCUT2D eigenvalue weighted by atomic mass is 9.86. The maximum absolute atomic E-state index is 8.62. The normalized spacial score (nSPS) is 11.1. The van der Waals surface area contributed by atoms with Gasteiger partial charge in [0.1, 0.15) is 5.82 Å². The van der Waals surface area contributed by atoms with Gasteiger partial charge in [0, 0.05) is 24.6 Å².